The fourth-order valence-corrected chi connectivity index (χ4v) is 2.66. The highest BCUT2D eigenvalue weighted by Gasteiger charge is 2.12. The van der Waals surface area contributed by atoms with Gasteiger partial charge in [0.25, 0.3) is 5.91 Å². The highest BCUT2D eigenvalue weighted by atomic mass is 32.1. The predicted octanol–water partition coefficient (Wildman–Crippen LogP) is 1.96. The minimum atomic E-state index is -0.380. The van der Waals surface area contributed by atoms with Crippen LogP contribution in [0.15, 0.2) is 29.4 Å². The maximum atomic E-state index is 11.8. The zero-order valence-corrected chi connectivity index (χ0v) is 13.9. The van der Waals surface area contributed by atoms with Gasteiger partial charge in [-0.2, -0.15) is 9.47 Å². The summed E-state index contributed by atoms with van der Waals surface area (Å²) < 4.78 is 14.7. The second kappa shape index (κ2) is 7.59. The molecule has 23 heavy (non-hydrogen) atoms. The molecule has 0 bridgehead atoms. The number of benzene rings is 1. The van der Waals surface area contributed by atoms with Crippen LogP contribution < -0.4 is 20.6 Å². The third-order valence-electron chi connectivity index (χ3n) is 3.03. The fourth-order valence-electron chi connectivity index (χ4n) is 1.94. The smallest absolute Gasteiger partial charge is 0.277 e. The maximum Gasteiger partial charge on any atom is 0.277 e. The van der Waals surface area contributed by atoms with Gasteiger partial charge in [0.05, 0.1) is 24.1 Å². The van der Waals surface area contributed by atoms with Crippen molar-refractivity contribution in [1.29, 1.82) is 0 Å². The summed E-state index contributed by atoms with van der Waals surface area (Å²) in [6.07, 6.45) is 0. The average molecular weight is 334 g/mol. The van der Waals surface area contributed by atoms with Crippen molar-refractivity contribution in [3.63, 3.8) is 0 Å². The monoisotopic (exact) mass is 334 g/mol. The summed E-state index contributed by atoms with van der Waals surface area (Å²) in [5, 5.41) is 4.61. The summed E-state index contributed by atoms with van der Waals surface area (Å²) >= 11 is 1.20. The number of rotatable bonds is 6. The molecule has 1 heterocycles. The van der Waals surface area contributed by atoms with Gasteiger partial charge in [-0.1, -0.05) is 12.1 Å². The molecule has 0 saturated carbocycles. The standard InChI is InChI=1S/C15H18N4O3S/c1-9(14-10(2)19-23-15(14)16)17-18-13(20)8-22-12-7-5-4-6-11(12)21-3/h4-7H,8,16H2,1-3H3,(H,18,20)/b17-9-. The van der Waals surface area contributed by atoms with Gasteiger partial charge in [0.1, 0.15) is 5.00 Å². The Labute approximate surface area is 138 Å². The topological polar surface area (TPSA) is 98.8 Å². The first-order chi connectivity index (χ1) is 11.0. The van der Waals surface area contributed by atoms with Gasteiger partial charge in [-0.05, 0) is 37.5 Å². The first kappa shape index (κ1) is 16.8. The Hall–Kier alpha value is -2.61. The van der Waals surface area contributed by atoms with Gasteiger partial charge >= 0.3 is 0 Å². The van der Waals surface area contributed by atoms with E-state index in [1.165, 1.54) is 18.6 Å². The van der Waals surface area contributed by atoms with E-state index < -0.39 is 0 Å². The zero-order chi connectivity index (χ0) is 16.8. The molecule has 0 unspecified atom stereocenters. The SMILES string of the molecule is COc1ccccc1OCC(=O)N/N=C(/C)c1c(C)nsc1N. The minimum absolute atomic E-state index is 0.173. The van der Waals surface area contributed by atoms with Crippen molar-refractivity contribution in [2.24, 2.45) is 5.10 Å². The number of nitrogens with two attached hydrogens (primary N) is 1. The van der Waals surface area contributed by atoms with Crippen molar-refractivity contribution in [3.05, 3.63) is 35.5 Å². The molecule has 1 aromatic heterocycles. The van der Waals surface area contributed by atoms with Crippen molar-refractivity contribution in [2.45, 2.75) is 13.8 Å². The molecular weight excluding hydrogens is 316 g/mol. The Kier molecular flexibility index (Phi) is 5.53. The van der Waals surface area contributed by atoms with Crippen LogP contribution in [-0.4, -0.2) is 29.7 Å². The molecule has 8 heteroatoms. The van der Waals surface area contributed by atoms with Gasteiger partial charge < -0.3 is 15.2 Å². The lowest BCUT2D eigenvalue weighted by Crippen LogP contribution is -2.25. The number of nitrogens with zero attached hydrogens (tertiary/aromatic N) is 2. The minimum Gasteiger partial charge on any atom is -0.493 e. The molecule has 1 amide bonds. The van der Waals surface area contributed by atoms with Crippen LogP contribution in [0.2, 0.25) is 0 Å². The number of hydrazone groups is 1. The Morgan fingerprint density at radius 2 is 2.09 bits per heavy atom. The first-order valence-electron chi connectivity index (χ1n) is 6.84. The van der Waals surface area contributed by atoms with E-state index in [2.05, 4.69) is 14.9 Å². The third-order valence-corrected chi connectivity index (χ3v) is 3.79. The quantitative estimate of drug-likeness (QED) is 0.621. The molecule has 122 valence electrons. The molecule has 0 atom stereocenters. The molecule has 0 radical (unpaired) electrons. The largest absolute Gasteiger partial charge is 0.493 e. The van der Waals surface area contributed by atoms with Crippen molar-refractivity contribution in [2.75, 3.05) is 19.5 Å². The second-order valence-electron chi connectivity index (χ2n) is 4.68. The van der Waals surface area contributed by atoms with Crippen molar-refractivity contribution in [1.82, 2.24) is 9.80 Å². The lowest BCUT2D eigenvalue weighted by atomic mass is 10.2. The highest BCUT2D eigenvalue weighted by Crippen LogP contribution is 2.25. The molecule has 0 fully saturated rings. The number of nitrogen functional groups attached to an aromatic ring is 1. The summed E-state index contributed by atoms with van der Waals surface area (Å²) in [5.41, 5.74) is 10.4. The van der Waals surface area contributed by atoms with Crippen LogP contribution in [0.1, 0.15) is 18.2 Å². The number of para-hydroxylation sites is 2. The number of hydrogen-bond acceptors (Lipinski definition) is 7. The van der Waals surface area contributed by atoms with Crippen LogP contribution in [-0.2, 0) is 4.79 Å². The van der Waals surface area contributed by atoms with Gasteiger partial charge in [0, 0.05) is 0 Å². The van der Waals surface area contributed by atoms with E-state index in [0.717, 1.165) is 11.3 Å². The third kappa shape index (κ3) is 4.19. The summed E-state index contributed by atoms with van der Waals surface area (Å²) in [6, 6.07) is 7.10. The van der Waals surface area contributed by atoms with Gasteiger partial charge in [-0.25, -0.2) is 5.43 Å². The predicted molar refractivity (Wildman–Crippen MR) is 90.1 cm³/mol. The number of aromatic nitrogens is 1. The molecule has 0 aliphatic carbocycles. The van der Waals surface area contributed by atoms with E-state index in [1.54, 1.807) is 25.1 Å². The van der Waals surface area contributed by atoms with Crippen LogP contribution in [0, 0.1) is 6.92 Å². The van der Waals surface area contributed by atoms with Gasteiger partial charge in [0.2, 0.25) is 0 Å². The molecule has 0 aliphatic rings. The molecule has 0 spiro atoms. The van der Waals surface area contributed by atoms with E-state index >= 15 is 0 Å². The van der Waals surface area contributed by atoms with E-state index in [4.69, 9.17) is 15.2 Å². The number of anilines is 1. The van der Waals surface area contributed by atoms with E-state index in [-0.39, 0.29) is 12.5 Å². The number of nitrogens with one attached hydrogen (secondary N) is 1. The first-order valence-corrected chi connectivity index (χ1v) is 7.61. The molecular formula is C15H18N4O3S. The Bertz CT molecular complexity index is 708. The fraction of sp³-hybridized carbons (Fsp3) is 0.267. The van der Waals surface area contributed by atoms with Crippen LogP contribution in [0.3, 0.4) is 0 Å². The second-order valence-corrected chi connectivity index (χ2v) is 5.48. The van der Waals surface area contributed by atoms with E-state index in [1.807, 2.05) is 13.0 Å². The number of carbonyl (C=O) groups excluding carboxylic acids is 1. The Morgan fingerprint density at radius 1 is 1.39 bits per heavy atom. The number of carbonyl (C=O) groups is 1. The molecule has 0 saturated heterocycles. The van der Waals surface area contributed by atoms with Gasteiger partial charge in [-0.3, -0.25) is 4.79 Å². The van der Waals surface area contributed by atoms with Crippen molar-refractivity contribution in [3.8, 4) is 11.5 Å². The Balaban J connectivity index is 1.94. The molecule has 2 aromatic rings. The summed E-state index contributed by atoms with van der Waals surface area (Å²) in [7, 11) is 1.54. The van der Waals surface area contributed by atoms with Crippen LogP contribution in [0.5, 0.6) is 11.5 Å². The van der Waals surface area contributed by atoms with E-state index in [9.17, 15) is 4.79 Å². The molecule has 7 nitrogen and oxygen atoms in total. The molecule has 1 aromatic carbocycles. The highest BCUT2D eigenvalue weighted by molar-refractivity contribution is 7.10. The van der Waals surface area contributed by atoms with Gasteiger partial charge in [0.15, 0.2) is 18.1 Å². The molecule has 3 N–H and O–H groups in total. The van der Waals surface area contributed by atoms with Crippen LogP contribution >= 0.6 is 11.5 Å². The Morgan fingerprint density at radius 3 is 2.70 bits per heavy atom. The lowest BCUT2D eigenvalue weighted by molar-refractivity contribution is -0.123. The average Bonchev–Trinajstić information content (AvgIpc) is 2.89. The summed E-state index contributed by atoms with van der Waals surface area (Å²) in [4.78, 5) is 11.8. The number of amides is 1. The maximum absolute atomic E-state index is 11.8. The zero-order valence-electron chi connectivity index (χ0n) is 13.1. The molecule has 2 rings (SSSR count). The number of aryl methyl sites for hydroxylation is 1. The number of hydrogen-bond donors (Lipinski definition) is 2. The van der Waals surface area contributed by atoms with Crippen LogP contribution in [0.25, 0.3) is 0 Å². The number of methoxy groups -OCH3 is 1. The lowest BCUT2D eigenvalue weighted by Gasteiger charge is -2.09. The van der Waals surface area contributed by atoms with Crippen molar-refractivity contribution >= 4 is 28.2 Å². The summed E-state index contributed by atoms with van der Waals surface area (Å²) in [5.74, 6) is 0.676. The van der Waals surface area contributed by atoms with Crippen molar-refractivity contribution < 1.29 is 14.3 Å². The summed E-state index contributed by atoms with van der Waals surface area (Å²) in [6.45, 7) is 3.43. The van der Waals surface area contributed by atoms with Crippen LogP contribution in [0.4, 0.5) is 5.00 Å². The number of ether oxygens (including phenoxy) is 2. The van der Waals surface area contributed by atoms with E-state index in [0.29, 0.717) is 22.2 Å². The van der Waals surface area contributed by atoms with Gasteiger partial charge in [-0.15, -0.1) is 0 Å². The molecule has 0 aliphatic heterocycles. The normalized spacial score (nSPS) is 11.2.